The van der Waals surface area contributed by atoms with Crippen molar-refractivity contribution in [2.75, 3.05) is 0 Å². The molecule has 0 amide bonds. The minimum atomic E-state index is -2.60. The van der Waals surface area contributed by atoms with E-state index in [0.717, 1.165) is 5.56 Å². The Morgan fingerprint density at radius 1 is 1.00 bits per heavy atom. The SMILES string of the molecule is Cc1ccc(OS(=O)(=[Se])c2ccccc2)cc1. The molecule has 0 fully saturated rings. The van der Waals surface area contributed by atoms with Crippen molar-refractivity contribution in [3.05, 3.63) is 60.2 Å². The summed E-state index contributed by atoms with van der Waals surface area (Å²) in [6.07, 6.45) is 0. The molecular formula is C13H12O2SSe. The second-order valence-corrected chi connectivity index (χ2v) is 7.97. The molecule has 2 rings (SSSR count). The molecule has 2 aromatic carbocycles. The van der Waals surface area contributed by atoms with E-state index in [2.05, 4.69) is 14.4 Å². The molecule has 4 heteroatoms. The molecule has 0 aliphatic heterocycles. The third kappa shape index (κ3) is 3.19. The van der Waals surface area contributed by atoms with Gasteiger partial charge in [0.2, 0.25) is 0 Å². The summed E-state index contributed by atoms with van der Waals surface area (Å²) in [4.78, 5) is 0.653. The summed E-state index contributed by atoms with van der Waals surface area (Å²) in [6.45, 7) is 2.00. The summed E-state index contributed by atoms with van der Waals surface area (Å²) >= 11 is 2.64. The maximum absolute atomic E-state index is 12.4. The second kappa shape index (κ2) is 5.05. The van der Waals surface area contributed by atoms with E-state index < -0.39 is 8.14 Å². The predicted octanol–water partition coefficient (Wildman–Crippen LogP) is 2.72. The van der Waals surface area contributed by atoms with Crippen LogP contribution in [-0.4, -0.2) is 18.6 Å². The molecule has 0 radical (unpaired) electrons. The Balaban J connectivity index is 2.27. The molecule has 0 aliphatic rings. The first-order valence-electron chi connectivity index (χ1n) is 5.14. The van der Waals surface area contributed by atoms with E-state index >= 15 is 0 Å². The van der Waals surface area contributed by atoms with Crippen molar-refractivity contribution in [1.82, 2.24) is 0 Å². The molecular weight excluding hydrogens is 299 g/mol. The van der Waals surface area contributed by atoms with E-state index in [4.69, 9.17) is 4.18 Å². The normalized spacial score (nSPS) is 13.9. The molecule has 0 spiro atoms. The van der Waals surface area contributed by atoms with Crippen LogP contribution in [0, 0.1) is 6.92 Å². The van der Waals surface area contributed by atoms with Crippen molar-refractivity contribution >= 4 is 22.5 Å². The van der Waals surface area contributed by atoms with Crippen LogP contribution in [0.1, 0.15) is 5.56 Å². The first-order chi connectivity index (χ1) is 8.08. The van der Waals surface area contributed by atoms with Gasteiger partial charge in [-0.1, -0.05) is 0 Å². The first-order valence-corrected chi connectivity index (χ1v) is 8.65. The third-order valence-electron chi connectivity index (χ3n) is 2.26. The van der Waals surface area contributed by atoms with Crippen LogP contribution in [0.5, 0.6) is 5.75 Å². The minimum absolute atomic E-state index is 0.600. The van der Waals surface area contributed by atoms with Gasteiger partial charge in [0.15, 0.2) is 0 Å². The topological polar surface area (TPSA) is 26.3 Å². The molecule has 2 nitrogen and oxygen atoms in total. The molecule has 0 N–H and O–H groups in total. The van der Waals surface area contributed by atoms with Gasteiger partial charge in [0.1, 0.15) is 0 Å². The molecule has 0 aliphatic carbocycles. The summed E-state index contributed by atoms with van der Waals surface area (Å²) in [7, 11) is -2.60. The van der Waals surface area contributed by atoms with Crippen LogP contribution < -0.4 is 4.18 Å². The Hall–Kier alpha value is -1.09. The van der Waals surface area contributed by atoms with Crippen LogP contribution in [0.2, 0.25) is 0 Å². The Kier molecular flexibility index (Phi) is 3.67. The third-order valence-corrected chi connectivity index (χ3v) is 5.16. The molecule has 88 valence electrons. The van der Waals surface area contributed by atoms with Gasteiger partial charge in [0.25, 0.3) is 0 Å². The summed E-state index contributed by atoms with van der Waals surface area (Å²) in [6, 6.07) is 16.6. The van der Waals surface area contributed by atoms with Crippen molar-refractivity contribution in [2.24, 2.45) is 0 Å². The van der Waals surface area contributed by atoms with Crippen molar-refractivity contribution in [2.45, 2.75) is 11.8 Å². The summed E-state index contributed by atoms with van der Waals surface area (Å²) in [5, 5.41) is 0. The fraction of sp³-hybridized carbons (Fsp3) is 0.0769. The van der Waals surface area contributed by atoms with E-state index in [1.54, 1.807) is 12.1 Å². The van der Waals surface area contributed by atoms with Crippen LogP contribution in [0.15, 0.2) is 59.5 Å². The fourth-order valence-corrected chi connectivity index (χ4v) is 3.50. The van der Waals surface area contributed by atoms with E-state index in [-0.39, 0.29) is 0 Å². The molecule has 1 unspecified atom stereocenters. The van der Waals surface area contributed by atoms with Crippen LogP contribution in [0.3, 0.4) is 0 Å². The molecule has 2 aromatic rings. The molecule has 0 bridgehead atoms. The van der Waals surface area contributed by atoms with Gasteiger partial charge < -0.3 is 0 Å². The van der Waals surface area contributed by atoms with Gasteiger partial charge in [-0.3, -0.25) is 0 Å². The predicted molar refractivity (Wildman–Crippen MR) is 70.4 cm³/mol. The quantitative estimate of drug-likeness (QED) is 0.815. The molecule has 17 heavy (non-hydrogen) atoms. The van der Waals surface area contributed by atoms with E-state index in [1.807, 2.05) is 49.4 Å². The van der Waals surface area contributed by atoms with Crippen molar-refractivity contribution < 1.29 is 8.39 Å². The standard InChI is InChI=1S/C13H12O2SSe/c1-11-7-9-12(10-8-11)15-16(14,17)13-5-3-2-4-6-13/h2-10H,1H3. The average Bonchev–Trinajstić information content (AvgIpc) is 2.33. The average molecular weight is 311 g/mol. The number of hydrogen-bond acceptors (Lipinski definition) is 2. The van der Waals surface area contributed by atoms with Gasteiger partial charge in [-0.15, -0.1) is 0 Å². The van der Waals surface area contributed by atoms with Crippen LogP contribution in [0.25, 0.3) is 0 Å². The summed E-state index contributed by atoms with van der Waals surface area (Å²) in [5.41, 5.74) is 1.14. The number of benzene rings is 2. The first kappa shape index (κ1) is 12.4. The number of aryl methyl sites for hydroxylation is 1. The van der Waals surface area contributed by atoms with Crippen molar-refractivity contribution in [3.8, 4) is 5.75 Å². The molecule has 1 atom stereocenters. The van der Waals surface area contributed by atoms with E-state index in [1.165, 1.54) is 0 Å². The maximum atomic E-state index is 12.4. The number of hydrogen-bond donors (Lipinski definition) is 0. The molecule has 0 saturated heterocycles. The molecule has 0 aromatic heterocycles. The van der Waals surface area contributed by atoms with Gasteiger partial charge in [0.05, 0.1) is 0 Å². The molecule has 0 saturated carbocycles. The fourth-order valence-electron chi connectivity index (χ4n) is 1.36. The van der Waals surface area contributed by atoms with Crippen molar-refractivity contribution in [3.63, 3.8) is 0 Å². The molecule has 0 heterocycles. The van der Waals surface area contributed by atoms with Gasteiger partial charge in [-0.2, -0.15) is 0 Å². The van der Waals surface area contributed by atoms with Crippen LogP contribution in [-0.2, 0) is 8.14 Å². The Bertz CT molecular complexity index is 589. The Labute approximate surface area is 109 Å². The van der Waals surface area contributed by atoms with E-state index in [9.17, 15) is 4.21 Å². The van der Waals surface area contributed by atoms with Gasteiger partial charge in [0, 0.05) is 0 Å². The monoisotopic (exact) mass is 312 g/mol. The summed E-state index contributed by atoms with van der Waals surface area (Å²) < 4.78 is 17.9. The zero-order chi connectivity index (χ0) is 12.3. The van der Waals surface area contributed by atoms with Gasteiger partial charge in [-0.25, -0.2) is 0 Å². The van der Waals surface area contributed by atoms with Crippen LogP contribution >= 0.6 is 0 Å². The van der Waals surface area contributed by atoms with Crippen molar-refractivity contribution in [1.29, 1.82) is 0 Å². The van der Waals surface area contributed by atoms with Gasteiger partial charge >= 0.3 is 109 Å². The zero-order valence-electron chi connectivity index (χ0n) is 9.33. The summed E-state index contributed by atoms with van der Waals surface area (Å²) in [5.74, 6) is 0.600. The van der Waals surface area contributed by atoms with E-state index in [0.29, 0.717) is 10.6 Å². The zero-order valence-corrected chi connectivity index (χ0v) is 11.9. The van der Waals surface area contributed by atoms with Gasteiger partial charge in [-0.05, 0) is 0 Å². The second-order valence-electron chi connectivity index (χ2n) is 3.66. The number of rotatable bonds is 3. The Morgan fingerprint density at radius 3 is 2.18 bits per heavy atom. The van der Waals surface area contributed by atoms with Crippen LogP contribution in [0.4, 0.5) is 0 Å². The Morgan fingerprint density at radius 2 is 1.59 bits per heavy atom.